The smallest absolute Gasteiger partial charge is 0.0932 e. The molecule has 0 spiro atoms. The predicted octanol–water partition coefficient (Wildman–Crippen LogP) is 4.11. The summed E-state index contributed by atoms with van der Waals surface area (Å²) in [4.78, 5) is 4.75. The average molecular weight is 337 g/mol. The molecule has 0 bridgehead atoms. The van der Waals surface area contributed by atoms with Crippen LogP contribution in [0.25, 0.3) is 11.3 Å². The predicted molar refractivity (Wildman–Crippen MR) is 84.5 cm³/mol. The highest BCUT2D eigenvalue weighted by Gasteiger charge is 2.15. The van der Waals surface area contributed by atoms with Crippen molar-refractivity contribution in [2.24, 2.45) is 5.92 Å². The van der Waals surface area contributed by atoms with Crippen molar-refractivity contribution in [1.82, 2.24) is 10.3 Å². The first kappa shape index (κ1) is 13.3. The van der Waals surface area contributed by atoms with E-state index in [0.29, 0.717) is 0 Å². The molecule has 0 saturated carbocycles. The fourth-order valence-corrected chi connectivity index (χ4v) is 3.55. The molecule has 2 aromatic rings. The molecule has 2 nitrogen and oxygen atoms in total. The summed E-state index contributed by atoms with van der Waals surface area (Å²) in [5.74, 6) is 0.847. The van der Waals surface area contributed by atoms with Crippen LogP contribution in [0.5, 0.6) is 0 Å². The molecule has 3 rings (SSSR count). The number of hydrogen-bond acceptors (Lipinski definition) is 3. The molecule has 0 amide bonds. The van der Waals surface area contributed by atoms with Gasteiger partial charge in [-0.3, -0.25) is 0 Å². The lowest BCUT2D eigenvalue weighted by atomic mass is 10.0. The van der Waals surface area contributed by atoms with E-state index < -0.39 is 0 Å². The molecule has 1 aliphatic heterocycles. The zero-order valence-electron chi connectivity index (χ0n) is 10.7. The molecule has 1 aromatic carbocycles. The number of nitrogens with zero attached hydrogens (tertiary/aromatic N) is 1. The quantitative estimate of drug-likeness (QED) is 0.908. The Morgan fingerprint density at radius 1 is 1.32 bits per heavy atom. The van der Waals surface area contributed by atoms with Gasteiger partial charge < -0.3 is 5.32 Å². The fourth-order valence-electron chi connectivity index (χ4n) is 2.47. The van der Waals surface area contributed by atoms with Crippen molar-refractivity contribution < 1.29 is 0 Å². The third-order valence-corrected chi connectivity index (χ3v) is 5.06. The number of aryl methyl sites for hydroxylation is 1. The molecule has 1 aromatic heterocycles. The molecular formula is C15H17BrN2S. The van der Waals surface area contributed by atoms with Gasteiger partial charge in [-0.2, -0.15) is 0 Å². The molecule has 0 aliphatic carbocycles. The molecule has 1 aliphatic rings. The van der Waals surface area contributed by atoms with Crippen LogP contribution in [0.3, 0.4) is 0 Å². The number of halogens is 1. The first-order valence-electron chi connectivity index (χ1n) is 6.72. The van der Waals surface area contributed by atoms with Crippen LogP contribution in [0, 0.1) is 5.92 Å². The molecule has 2 heterocycles. The maximum absolute atomic E-state index is 4.75. The summed E-state index contributed by atoms with van der Waals surface area (Å²) < 4.78 is 1.11. The molecule has 19 heavy (non-hydrogen) atoms. The van der Waals surface area contributed by atoms with Gasteiger partial charge in [0.15, 0.2) is 0 Å². The second kappa shape index (κ2) is 6.16. The summed E-state index contributed by atoms with van der Waals surface area (Å²) in [5, 5.41) is 6.86. The van der Waals surface area contributed by atoms with E-state index in [-0.39, 0.29) is 0 Å². The number of benzene rings is 1. The van der Waals surface area contributed by atoms with E-state index in [2.05, 4.69) is 50.9 Å². The maximum atomic E-state index is 4.75. The minimum atomic E-state index is 0.847. The number of aromatic nitrogens is 1. The van der Waals surface area contributed by atoms with Gasteiger partial charge in [0.25, 0.3) is 0 Å². The average Bonchev–Trinajstić information content (AvgIpc) is 3.09. The monoisotopic (exact) mass is 336 g/mol. The largest absolute Gasteiger partial charge is 0.316 e. The Kier molecular flexibility index (Phi) is 4.31. The minimum Gasteiger partial charge on any atom is -0.316 e. The lowest BCUT2D eigenvalue weighted by Gasteiger charge is -2.05. The zero-order chi connectivity index (χ0) is 13.1. The Labute approximate surface area is 126 Å². The molecule has 4 heteroatoms. The molecule has 100 valence electrons. The fraction of sp³-hybridized carbons (Fsp3) is 0.400. The number of nitrogens with one attached hydrogen (secondary N) is 1. The third-order valence-electron chi connectivity index (χ3n) is 3.62. The Bertz CT molecular complexity index is 529. The van der Waals surface area contributed by atoms with Gasteiger partial charge >= 0.3 is 0 Å². The van der Waals surface area contributed by atoms with Gasteiger partial charge in [-0.15, -0.1) is 11.3 Å². The number of rotatable bonds is 4. The summed E-state index contributed by atoms with van der Waals surface area (Å²) >= 11 is 5.25. The third kappa shape index (κ3) is 3.44. The Morgan fingerprint density at radius 2 is 2.16 bits per heavy atom. The highest BCUT2D eigenvalue weighted by Crippen LogP contribution is 2.25. The van der Waals surface area contributed by atoms with Gasteiger partial charge in [-0.25, -0.2) is 4.98 Å². The summed E-state index contributed by atoms with van der Waals surface area (Å²) in [6, 6.07) is 8.37. The molecule has 0 radical (unpaired) electrons. The summed E-state index contributed by atoms with van der Waals surface area (Å²) in [6.07, 6.45) is 3.71. The molecule has 1 unspecified atom stereocenters. The van der Waals surface area contributed by atoms with E-state index in [0.717, 1.165) is 22.5 Å². The topological polar surface area (TPSA) is 24.9 Å². The van der Waals surface area contributed by atoms with Crippen molar-refractivity contribution in [1.29, 1.82) is 0 Å². The van der Waals surface area contributed by atoms with Gasteiger partial charge in [0.05, 0.1) is 10.7 Å². The first-order chi connectivity index (χ1) is 9.31. The maximum Gasteiger partial charge on any atom is 0.0932 e. The van der Waals surface area contributed by atoms with E-state index in [9.17, 15) is 0 Å². The van der Waals surface area contributed by atoms with Gasteiger partial charge in [0.1, 0.15) is 0 Å². The number of thiazole rings is 1. The van der Waals surface area contributed by atoms with Crippen molar-refractivity contribution in [3.8, 4) is 11.3 Å². The van der Waals surface area contributed by atoms with Crippen molar-refractivity contribution in [2.75, 3.05) is 13.1 Å². The van der Waals surface area contributed by atoms with Crippen LogP contribution in [-0.4, -0.2) is 18.1 Å². The Hall–Kier alpha value is -0.710. The zero-order valence-corrected chi connectivity index (χ0v) is 13.1. The van der Waals surface area contributed by atoms with Crippen LogP contribution in [-0.2, 0) is 6.42 Å². The standard InChI is InChI=1S/C15H17BrN2S/c16-13-4-2-12(3-5-13)14-10-19-15(18-14)6-1-11-7-8-17-9-11/h2-5,10-11,17H,1,6-9H2. The van der Waals surface area contributed by atoms with Gasteiger partial charge in [-0.05, 0) is 50.4 Å². The van der Waals surface area contributed by atoms with Crippen molar-refractivity contribution in [3.63, 3.8) is 0 Å². The van der Waals surface area contributed by atoms with E-state index in [1.165, 1.54) is 36.5 Å². The van der Waals surface area contributed by atoms with Crippen LogP contribution >= 0.6 is 27.3 Å². The van der Waals surface area contributed by atoms with Gasteiger partial charge in [0, 0.05) is 15.4 Å². The van der Waals surface area contributed by atoms with Crippen LogP contribution in [0.2, 0.25) is 0 Å². The SMILES string of the molecule is Brc1ccc(-c2csc(CCC3CCNC3)n2)cc1. The van der Waals surface area contributed by atoms with E-state index in [4.69, 9.17) is 4.98 Å². The van der Waals surface area contributed by atoms with Crippen LogP contribution in [0.1, 0.15) is 17.8 Å². The molecule has 1 N–H and O–H groups in total. The summed E-state index contributed by atoms with van der Waals surface area (Å²) in [5.41, 5.74) is 2.31. The lowest BCUT2D eigenvalue weighted by Crippen LogP contribution is -2.09. The second-order valence-corrected chi connectivity index (χ2v) is 6.89. The van der Waals surface area contributed by atoms with Crippen LogP contribution in [0.4, 0.5) is 0 Å². The van der Waals surface area contributed by atoms with Gasteiger partial charge in [0.2, 0.25) is 0 Å². The van der Waals surface area contributed by atoms with E-state index in [1.807, 2.05) is 0 Å². The molecular weight excluding hydrogens is 320 g/mol. The second-order valence-electron chi connectivity index (χ2n) is 5.03. The number of hydrogen-bond donors (Lipinski definition) is 1. The Balaban J connectivity index is 1.63. The first-order valence-corrected chi connectivity index (χ1v) is 8.39. The van der Waals surface area contributed by atoms with Crippen molar-refractivity contribution in [2.45, 2.75) is 19.3 Å². The van der Waals surface area contributed by atoms with E-state index >= 15 is 0 Å². The minimum absolute atomic E-state index is 0.847. The van der Waals surface area contributed by atoms with Gasteiger partial charge in [-0.1, -0.05) is 28.1 Å². The van der Waals surface area contributed by atoms with E-state index in [1.54, 1.807) is 11.3 Å². The summed E-state index contributed by atoms with van der Waals surface area (Å²) in [7, 11) is 0. The van der Waals surface area contributed by atoms with Crippen LogP contribution in [0.15, 0.2) is 34.1 Å². The summed E-state index contributed by atoms with van der Waals surface area (Å²) in [6.45, 7) is 2.37. The van der Waals surface area contributed by atoms with Crippen LogP contribution < -0.4 is 5.32 Å². The molecule has 1 saturated heterocycles. The lowest BCUT2D eigenvalue weighted by molar-refractivity contribution is 0.532. The van der Waals surface area contributed by atoms with Crippen molar-refractivity contribution in [3.05, 3.63) is 39.1 Å². The van der Waals surface area contributed by atoms with Crippen molar-refractivity contribution >= 4 is 27.3 Å². The molecule has 1 fully saturated rings. The normalized spacial score (nSPS) is 18.9. The highest BCUT2D eigenvalue weighted by molar-refractivity contribution is 9.10. The molecule has 1 atom stereocenters. The Morgan fingerprint density at radius 3 is 2.89 bits per heavy atom. The highest BCUT2D eigenvalue weighted by atomic mass is 79.9.